The van der Waals surface area contributed by atoms with Crippen LogP contribution < -0.4 is 0 Å². The van der Waals surface area contributed by atoms with Crippen LogP contribution in [-0.2, 0) is 4.74 Å². The Morgan fingerprint density at radius 3 is 2.09 bits per heavy atom. The third kappa shape index (κ3) is 2.88. The summed E-state index contributed by atoms with van der Waals surface area (Å²) in [5.41, 5.74) is 5.39. The van der Waals surface area contributed by atoms with Crippen molar-refractivity contribution >= 4 is 11.5 Å². The second-order valence-corrected chi connectivity index (χ2v) is 5.27. The summed E-state index contributed by atoms with van der Waals surface area (Å²) in [6.07, 6.45) is 0. The lowest BCUT2D eigenvalue weighted by molar-refractivity contribution is 0.0527. The second kappa shape index (κ2) is 6.49. The zero-order valence-electron chi connectivity index (χ0n) is 13.1. The van der Waals surface area contributed by atoms with Gasteiger partial charge in [0.05, 0.1) is 12.2 Å². The molecule has 2 aliphatic rings. The van der Waals surface area contributed by atoms with Crippen molar-refractivity contribution in [2.45, 2.75) is 6.92 Å². The maximum Gasteiger partial charge on any atom is 0.338 e. The number of hydrogen-bond acceptors (Lipinski definition) is 2. The Morgan fingerprint density at radius 2 is 1.48 bits per heavy atom. The van der Waals surface area contributed by atoms with Gasteiger partial charge in [0.1, 0.15) is 0 Å². The van der Waals surface area contributed by atoms with Crippen molar-refractivity contribution in [2.24, 2.45) is 0 Å². The lowest BCUT2D eigenvalue weighted by atomic mass is 9.98. The van der Waals surface area contributed by atoms with E-state index in [-0.39, 0.29) is 5.97 Å². The summed E-state index contributed by atoms with van der Waals surface area (Å²) in [5.74, 6) is -0.296. The average molecular weight is 302 g/mol. The zero-order valence-corrected chi connectivity index (χ0v) is 13.1. The molecule has 0 bridgehead atoms. The highest BCUT2D eigenvalue weighted by Gasteiger charge is 2.22. The van der Waals surface area contributed by atoms with Crippen molar-refractivity contribution in [3.8, 4) is 11.1 Å². The van der Waals surface area contributed by atoms with Crippen molar-refractivity contribution in [3.63, 3.8) is 0 Å². The molecule has 0 N–H and O–H groups in total. The van der Waals surface area contributed by atoms with Gasteiger partial charge in [-0.15, -0.1) is 0 Å². The molecular weight excluding hydrogens is 284 g/mol. The summed E-state index contributed by atoms with van der Waals surface area (Å²) in [5, 5.41) is 0. The summed E-state index contributed by atoms with van der Waals surface area (Å²) in [4.78, 5) is 12.3. The van der Waals surface area contributed by atoms with Gasteiger partial charge in [0, 0.05) is 0 Å². The molecule has 0 fully saturated rings. The predicted octanol–water partition coefficient (Wildman–Crippen LogP) is 5.03. The Bertz CT molecular complexity index is 818. The Labute approximate surface area is 136 Å². The van der Waals surface area contributed by atoms with Crippen LogP contribution in [0.5, 0.6) is 0 Å². The van der Waals surface area contributed by atoms with E-state index in [1.54, 1.807) is 0 Å². The molecule has 2 heteroatoms. The summed E-state index contributed by atoms with van der Waals surface area (Å²) in [6, 6.07) is 21.7. The van der Waals surface area contributed by atoms with Crippen LogP contribution in [0.25, 0.3) is 16.7 Å². The van der Waals surface area contributed by atoms with E-state index < -0.39 is 0 Å². The standard InChI is InChI=1S/C21H18O2/c1-3-23-21(22)20-14-19(15(2)16-10-6-4-7-11-16)17-12-8-5-9-13-18(17)20/h4-14H,2-3H2,1H3. The number of esters is 1. The van der Waals surface area contributed by atoms with Gasteiger partial charge in [-0.2, -0.15) is 0 Å². The zero-order chi connectivity index (χ0) is 16.2. The number of benzene rings is 1. The number of fused-ring (bicyclic) bond motifs is 1. The van der Waals surface area contributed by atoms with E-state index in [4.69, 9.17) is 4.74 Å². The molecular formula is C21H18O2. The SMILES string of the molecule is C=C(c1ccccc1)c1cc(C(=O)OCC)c2cccccc1-2. The molecule has 0 atom stereocenters. The highest BCUT2D eigenvalue weighted by atomic mass is 16.5. The molecule has 0 aromatic heterocycles. The molecule has 114 valence electrons. The molecule has 0 saturated heterocycles. The fourth-order valence-electron chi connectivity index (χ4n) is 2.74. The van der Waals surface area contributed by atoms with Crippen LogP contribution in [0.15, 0.2) is 73.3 Å². The van der Waals surface area contributed by atoms with Gasteiger partial charge in [-0.25, -0.2) is 4.79 Å². The molecule has 0 spiro atoms. The lowest BCUT2D eigenvalue weighted by Gasteiger charge is -2.06. The van der Waals surface area contributed by atoms with Crippen molar-refractivity contribution in [2.75, 3.05) is 6.61 Å². The Morgan fingerprint density at radius 1 is 0.913 bits per heavy atom. The third-order valence-corrected chi connectivity index (χ3v) is 3.85. The first-order valence-electron chi connectivity index (χ1n) is 7.66. The fourth-order valence-corrected chi connectivity index (χ4v) is 2.74. The molecule has 23 heavy (non-hydrogen) atoms. The molecule has 0 heterocycles. The van der Waals surface area contributed by atoms with Crippen LogP contribution in [0, 0.1) is 0 Å². The number of carbonyl (C=O) groups excluding carboxylic acids is 1. The van der Waals surface area contributed by atoms with Gasteiger partial charge in [-0.1, -0.05) is 67.2 Å². The van der Waals surface area contributed by atoms with E-state index in [1.165, 1.54) is 0 Å². The summed E-state index contributed by atoms with van der Waals surface area (Å²) < 4.78 is 5.20. The molecule has 2 aliphatic carbocycles. The third-order valence-electron chi connectivity index (χ3n) is 3.85. The summed E-state index contributed by atoms with van der Waals surface area (Å²) in [6.45, 7) is 6.41. The highest BCUT2D eigenvalue weighted by molar-refractivity contribution is 6.04. The summed E-state index contributed by atoms with van der Waals surface area (Å²) >= 11 is 0. The van der Waals surface area contributed by atoms with E-state index in [2.05, 4.69) is 6.58 Å². The van der Waals surface area contributed by atoms with E-state index >= 15 is 0 Å². The number of rotatable bonds is 4. The van der Waals surface area contributed by atoms with Crippen molar-refractivity contribution in [1.82, 2.24) is 0 Å². The largest absolute Gasteiger partial charge is 0.462 e. The average Bonchev–Trinajstić information content (AvgIpc) is 2.77. The van der Waals surface area contributed by atoms with Gasteiger partial charge >= 0.3 is 5.97 Å². The van der Waals surface area contributed by atoms with Crippen LogP contribution >= 0.6 is 0 Å². The Kier molecular flexibility index (Phi) is 4.24. The van der Waals surface area contributed by atoms with Gasteiger partial charge in [-0.3, -0.25) is 0 Å². The van der Waals surface area contributed by atoms with Gasteiger partial charge in [0.25, 0.3) is 0 Å². The maximum atomic E-state index is 12.3. The lowest BCUT2D eigenvalue weighted by Crippen LogP contribution is -2.03. The van der Waals surface area contributed by atoms with Crippen molar-refractivity contribution in [1.29, 1.82) is 0 Å². The van der Waals surface area contributed by atoms with Gasteiger partial charge in [0.15, 0.2) is 0 Å². The molecule has 0 amide bonds. The first-order chi connectivity index (χ1) is 11.2. The molecule has 3 rings (SSSR count). The quantitative estimate of drug-likeness (QED) is 0.632. The Hall–Kier alpha value is -2.87. The molecule has 1 aromatic carbocycles. The van der Waals surface area contributed by atoms with E-state index in [9.17, 15) is 4.79 Å². The molecule has 1 aromatic rings. The topological polar surface area (TPSA) is 26.3 Å². The van der Waals surface area contributed by atoms with E-state index in [0.29, 0.717) is 12.2 Å². The molecule has 2 nitrogen and oxygen atoms in total. The highest BCUT2D eigenvalue weighted by Crippen LogP contribution is 2.37. The molecule has 0 unspecified atom stereocenters. The minimum absolute atomic E-state index is 0.296. The first kappa shape index (κ1) is 15.0. The Balaban J connectivity index is 2.15. The molecule has 0 aliphatic heterocycles. The van der Waals surface area contributed by atoms with Crippen LogP contribution in [0.4, 0.5) is 0 Å². The van der Waals surface area contributed by atoms with Crippen LogP contribution in [0.3, 0.4) is 0 Å². The van der Waals surface area contributed by atoms with Gasteiger partial charge in [0.2, 0.25) is 0 Å². The van der Waals surface area contributed by atoms with E-state index in [0.717, 1.165) is 27.8 Å². The van der Waals surface area contributed by atoms with Crippen molar-refractivity contribution in [3.05, 3.63) is 90.0 Å². The van der Waals surface area contributed by atoms with Crippen molar-refractivity contribution < 1.29 is 9.53 Å². The predicted molar refractivity (Wildman–Crippen MR) is 93.6 cm³/mol. The van der Waals surface area contributed by atoms with Crippen LogP contribution in [0.2, 0.25) is 0 Å². The fraction of sp³-hybridized carbons (Fsp3) is 0.0952. The van der Waals surface area contributed by atoms with Gasteiger partial charge in [-0.05, 0) is 40.8 Å². The normalized spacial score (nSPS) is 10.5. The number of ether oxygens (including phenoxy) is 1. The number of carbonyl (C=O) groups is 1. The van der Waals surface area contributed by atoms with Crippen LogP contribution in [0.1, 0.15) is 28.4 Å². The first-order valence-corrected chi connectivity index (χ1v) is 7.66. The number of hydrogen-bond donors (Lipinski definition) is 0. The second-order valence-electron chi connectivity index (χ2n) is 5.27. The molecule has 0 radical (unpaired) electrons. The smallest absolute Gasteiger partial charge is 0.338 e. The maximum absolute atomic E-state index is 12.3. The van der Waals surface area contributed by atoms with Gasteiger partial charge < -0.3 is 4.74 Å². The van der Waals surface area contributed by atoms with Crippen LogP contribution in [-0.4, -0.2) is 12.6 Å². The monoisotopic (exact) mass is 302 g/mol. The minimum Gasteiger partial charge on any atom is -0.462 e. The minimum atomic E-state index is -0.296. The van der Waals surface area contributed by atoms with E-state index in [1.807, 2.05) is 73.7 Å². The molecule has 0 saturated carbocycles. The summed E-state index contributed by atoms with van der Waals surface area (Å²) in [7, 11) is 0.